The van der Waals surface area contributed by atoms with E-state index in [-0.39, 0.29) is 41.3 Å². The molecule has 3 aromatic rings. The van der Waals surface area contributed by atoms with Crippen molar-refractivity contribution < 1.29 is 37.1 Å². The molecule has 5 rings (SSSR count). The minimum atomic E-state index is -4.08. The van der Waals surface area contributed by atoms with E-state index >= 15 is 0 Å². The molecular weight excluding hydrogens is 793 g/mol. The number of anilines is 1. The summed E-state index contributed by atoms with van der Waals surface area (Å²) in [6.07, 6.45) is 6.27. The number of benzene rings is 2. The van der Waals surface area contributed by atoms with Crippen LogP contribution in [0, 0.1) is 0 Å². The lowest BCUT2D eigenvalue weighted by atomic mass is 10.00. The van der Waals surface area contributed by atoms with Gasteiger partial charge in [-0.15, -0.1) is 11.8 Å². The van der Waals surface area contributed by atoms with Crippen LogP contribution in [0.25, 0.3) is 0 Å². The topological polar surface area (TPSA) is 175 Å². The van der Waals surface area contributed by atoms with Gasteiger partial charge in [0.05, 0.1) is 12.3 Å². The van der Waals surface area contributed by atoms with Gasteiger partial charge in [-0.3, -0.25) is 24.2 Å². The lowest BCUT2D eigenvalue weighted by molar-refractivity contribution is -0.158. The van der Waals surface area contributed by atoms with Gasteiger partial charge in [0, 0.05) is 67.4 Å². The van der Waals surface area contributed by atoms with Crippen LogP contribution in [0.2, 0.25) is 0 Å². The Hall–Kier alpha value is -4.80. The summed E-state index contributed by atoms with van der Waals surface area (Å²) in [7, 11) is -4.08. The Balaban J connectivity index is 1.17. The first kappa shape index (κ1) is 45.3. The van der Waals surface area contributed by atoms with Gasteiger partial charge in [0.25, 0.3) is 5.91 Å². The molecule has 0 unspecified atom stereocenters. The molecule has 2 atom stereocenters. The number of carbonyl (C=O) groups is 5. The van der Waals surface area contributed by atoms with E-state index < -0.39 is 44.3 Å². The van der Waals surface area contributed by atoms with E-state index in [0.717, 1.165) is 29.1 Å². The number of aromatic nitrogens is 1. The van der Waals surface area contributed by atoms with Crippen LogP contribution in [0.3, 0.4) is 0 Å². The second kappa shape index (κ2) is 19.5. The lowest BCUT2D eigenvalue weighted by Crippen LogP contribution is -2.57. The van der Waals surface area contributed by atoms with Crippen LogP contribution in [-0.2, 0) is 46.8 Å². The number of esters is 1. The van der Waals surface area contributed by atoms with Crippen molar-refractivity contribution in [2.24, 2.45) is 0 Å². The summed E-state index contributed by atoms with van der Waals surface area (Å²) in [4.78, 5) is 73.6. The number of ether oxygens (including phenoxy) is 1. The van der Waals surface area contributed by atoms with E-state index in [4.69, 9.17) is 4.74 Å². The number of nitrogens with zero attached hydrogens (tertiary/aromatic N) is 4. The zero-order valence-corrected chi connectivity index (χ0v) is 36.4. The molecule has 0 saturated carbocycles. The molecule has 2 fully saturated rings. The molecular formula is C43H56N6O8S2. The maximum absolute atomic E-state index is 14.0. The van der Waals surface area contributed by atoms with Crippen LogP contribution in [0.1, 0.15) is 88.7 Å². The monoisotopic (exact) mass is 848 g/mol. The summed E-state index contributed by atoms with van der Waals surface area (Å²) in [5.41, 5.74) is 1.77. The van der Waals surface area contributed by atoms with Crippen LogP contribution in [-0.4, -0.2) is 112 Å². The van der Waals surface area contributed by atoms with E-state index in [1.165, 1.54) is 36.3 Å². The lowest BCUT2D eigenvalue weighted by Gasteiger charge is -2.35. The van der Waals surface area contributed by atoms with Gasteiger partial charge in [-0.25, -0.2) is 13.2 Å². The van der Waals surface area contributed by atoms with Crippen molar-refractivity contribution >= 4 is 57.1 Å². The number of rotatable bonds is 15. The number of hydrogen-bond donors (Lipinski definition) is 2. The van der Waals surface area contributed by atoms with Crippen LogP contribution >= 0.6 is 11.8 Å². The Bertz CT molecular complexity index is 2070. The maximum Gasteiger partial charge on any atom is 0.329 e. The fourth-order valence-electron chi connectivity index (χ4n) is 6.95. The molecule has 0 bridgehead atoms. The number of thioether (sulfide) groups is 1. The first-order valence-corrected chi connectivity index (χ1v) is 22.4. The Labute approximate surface area is 351 Å². The Morgan fingerprint density at radius 1 is 0.915 bits per heavy atom. The minimum Gasteiger partial charge on any atom is -0.458 e. The van der Waals surface area contributed by atoms with E-state index in [1.807, 2.05) is 0 Å². The number of unbranched alkanes of at least 4 members (excludes halogenated alkanes) is 2. The molecule has 0 aliphatic carbocycles. The second-order valence-corrected chi connectivity index (χ2v) is 19.9. The minimum absolute atomic E-state index is 0.0325. The molecule has 318 valence electrons. The van der Waals surface area contributed by atoms with Gasteiger partial charge in [-0.1, -0.05) is 44.0 Å². The predicted octanol–water partition coefficient (Wildman–Crippen LogP) is 5.04. The first-order chi connectivity index (χ1) is 27.9. The standard InChI is InChI=1S/C43H56N6O8S2/c1-7-8-9-12-36(50)45-33-19-17-32(18-20-33)40(53)48-24-22-47(23-25-48)37(51)27-31-15-13-30(14-16-31)26-35(41(54)57-42(2,3)4)46-39(52)38-43(5,6)58-29-49(38)59(55,56)34-11-10-21-44-28-34/h10-11,13-21,28,35,38H,7-9,12,22-27,29H2,1-6H3,(H,45,50)(H,46,52)/t35-,38+/m0/s1. The molecule has 14 nitrogen and oxygen atoms in total. The highest BCUT2D eigenvalue weighted by Gasteiger charge is 2.51. The van der Waals surface area contributed by atoms with Crippen molar-refractivity contribution in [2.75, 3.05) is 37.4 Å². The molecule has 3 heterocycles. The highest BCUT2D eigenvalue weighted by atomic mass is 32.2. The number of carbonyl (C=O) groups excluding carboxylic acids is 5. The molecule has 59 heavy (non-hydrogen) atoms. The summed E-state index contributed by atoms with van der Waals surface area (Å²) in [6.45, 7) is 12.4. The number of pyridine rings is 1. The van der Waals surface area contributed by atoms with E-state index in [0.29, 0.717) is 49.4 Å². The zero-order chi connectivity index (χ0) is 43.0. The summed E-state index contributed by atoms with van der Waals surface area (Å²) in [5, 5.41) is 5.69. The maximum atomic E-state index is 14.0. The number of nitrogens with one attached hydrogen (secondary N) is 2. The van der Waals surface area contributed by atoms with Gasteiger partial charge >= 0.3 is 5.97 Å². The highest BCUT2D eigenvalue weighted by Crippen LogP contribution is 2.42. The largest absolute Gasteiger partial charge is 0.458 e. The molecule has 4 amide bonds. The molecule has 2 aromatic carbocycles. The van der Waals surface area contributed by atoms with Crippen molar-refractivity contribution in [3.8, 4) is 0 Å². The Kier molecular flexibility index (Phi) is 15.0. The molecule has 2 aliphatic rings. The summed E-state index contributed by atoms with van der Waals surface area (Å²) >= 11 is 1.33. The third-order valence-corrected chi connectivity index (χ3v) is 13.5. The third-order valence-electron chi connectivity index (χ3n) is 10.2. The predicted molar refractivity (Wildman–Crippen MR) is 227 cm³/mol. The Morgan fingerprint density at radius 3 is 2.17 bits per heavy atom. The van der Waals surface area contributed by atoms with Crippen molar-refractivity contribution in [1.29, 1.82) is 0 Å². The molecule has 2 saturated heterocycles. The first-order valence-electron chi connectivity index (χ1n) is 20.0. The fourth-order valence-corrected chi connectivity index (χ4v) is 10.1. The molecule has 0 radical (unpaired) electrons. The van der Waals surface area contributed by atoms with Crippen molar-refractivity contribution in [3.63, 3.8) is 0 Å². The van der Waals surface area contributed by atoms with Gasteiger partial charge < -0.3 is 25.2 Å². The molecule has 1 aromatic heterocycles. The van der Waals surface area contributed by atoms with Crippen LogP contribution in [0.5, 0.6) is 0 Å². The molecule has 2 N–H and O–H groups in total. The smallest absolute Gasteiger partial charge is 0.329 e. The van der Waals surface area contributed by atoms with Gasteiger partial charge in [-0.2, -0.15) is 4.31 Å². The van der Waals surface area contributed by atoms with E-state index in [1.54, 1.807) is 92.9 Å². The van der Waals surface area contributed by atoms with Crippen molar-refractivity contribution in [2.45, 2.75) is 107 Å². The Morgan fingerprint density at radius 2 is 1.56 bits per heavy atom. The summed E-state index contributed by atoms with van der Waals surface area (Å²) in [6, 6.07) is 14.8. The van der Waals surface area contributed by atoms with E-state index in [9.17, 15) is 32.4 Å². The van der Waals surface area contributed by atoms with Gasteiger partial charge in [0.2, 0.25) is 27.7 Å². The van der Waals surface area contributed by atoms with E-state index in [2.05, 4.69) is 22.5 Å². The zero-order valence-electron chi connectivity index (χ0n) is 34.7. The van der Waals surface area contributed by atoms with Crippen molar-refractivity contribution in [1.82, 2.24) is 24.4 Å². The van der Waals surface area contributed by atoms with Crippen LogP contribution < -0.4 is 10.6 Å². The van der Waals surface area contributed by atoms with Crippen LogP contribution in [0.15, 0.2) is 78.0 Å². The number of piperazine rings is 1. The van der Waals surface area contributed by atoms with Crippen molar-refractivity contribution in [3.05, 3.63) is 89.7 Å². The van der Waals surface area contributed by atoms with Gasteiger partial charge in [-0.05, 0) is 88.6 Å². The van der Waals surface area contributed by atoms with Gasteiger partial charge in [0.15, 0.2) is 0 Å². The average Bonchev–Trinajstić information content (AvgIpc) is 3.53. The highest BCUT2D eigenvalue weighted by molar-refractivity contribution is 8.02. The quantitative estimate of drug-likeness (QED) is 0.156. The summed E-state index contributed by atoms with van der Waals surface area (Å²) < 4.78 is 33.3. The normalized spacial score (nSPS) is 17.6. The second-order valence-electron chi connectivity index (χ2n) is 16.4. The molecule has 0 spiro atoms. The fraction of sp³-hybridized carbons (Fsp3) is 0.488. The third kappa shape index (κ3) is 12.1. The summed E-state index contributed by atoms with van der Waals surface area (Å²) in [5.74, 6) is -1.49. The van der Waals surface area contributed by atoms with Gasteiger partial charge in [0.1, 0.15) is 22.6 Å². The number of sulfonamides is 1. The SMILES string of the molecule is CCCCCC(=O)Nc1ccc(C(=O)N2CCN(C(=O)Cc3ccc(C[C@H](NC(=O)[C@H]4N(S(=O)(=O)c5cccnc5)CSC4(C)C)C(=O)OC(C)(C)C)cc3)CC2)cc1. The molecule has 16 heteroatoms. The average molecular weight is 849 g/mol. The number of hydrogen-bond acceptors (Lipinski definition) is 10. The number of amides is 4. The van der Waals surface area contributed by atoms with Crippen LogP contribution in [0.4, 0.5) is 5.69 Å². The molecule has 2 aliphatic heterocycles.